The molecular weight excluding hydrogens is 1430 g/mol. The number of aromatic nitrogens is 2. The number of rotatable bonds is 15. The van der Waals surface area contributed by atoms with Crippen molar-refractivity contribution in [3.05, 3.63) is 437 Å². The fourth-order valence-electron chi connectivity index (χ4n) is 18.4. The maximum atomic E-state index is 6.89. The van der Waals surface area contributed by atoms with Gasteiger partial charge in [-0.3, -0.25) is 0 Å². The number of benzene rings is 19. The van der Waals surface area contributed by atoms with Crippen LogP contribution in [0.4, 0.5) is 34.1 Å². The molecule has 552 valence electrons. The third-order valence-corrected chi connectivity index (χ3v) is 24.0. The van der Waals surface area contributed by atoms with E-state index in [1.54, 1.807) is 0 Å². The Morgan fingerprint density at radius 3 is 1.02 bits per heavy atom. The Labute approximate surface area is 681 Å². The second-order valence-corrected chi connectivity index (χ2v) is 30.6. The molecule has 0 fully saturated rings. The summed E-state index contributed by atoms with van der Waals surface area (Å²) in [6, 6.07) is 159. The van der Waals surface area contributed by atoms with Gasteiger partial charge in [-0.05, 0) is 229 Å². The summed E-state index contributed by atoms with van der Waals surface area (Å²) in [5.74, 6) is 0. The summed E-state index contributed by atoms with van der Waals surface area (Å²) in [5.41, 5.74) is 32.5. The molecule has 0 saturated heterocycles. The lowest BCUT2D eigenvalue weighted by molar-refractivity contribution is 0.668. The van der Waals surface area contributed by atoms with Crippen LogP contribution in [0.5, 0.6) is 0 Å². The smallest absolute Gasteiger partial charge is 0.136 e. The molecular formula is C112H72N4O2. The van der Waals surface area contributed by atoms with Gasteiger partial charge in [-0.1, -0.05) is 291 Å². The lowest BCUT2D eigenvalue weighted by atomic mass is 9.95. The highest BCUT2D eigenvalue weighted by atomic mass is 16.3. The molecule has 19 aromatic carbocycles. The number of para-hydroxylation sites is 6. The number of nitrogens with zero attached hydrogens (tertiary/aromatic N) is 4. The van der Waals surface area contributed by atoms with Gasteiger partial charge >= 0.3 is 0 Å². The van der Waals surface area contributed by atoms with Gasteiger partial charge in [0, 0.05) is 88.5 Å². The topological polar surface area (TPSA) is 42.6 Å². The van der Waals surface area contributed by atoms with E-state index in [4.69, 9.17) is 8.83 Å². The molecule has 0 aliphatic carbocycles. The summed E-state index contributed by atoms with van der Waals surface area (Å²) < 4.78 is 18.0. The first kappa shape index (κ1) is 67.9. The molecule has 6 nitrogen and oxygen atoms in total. The minimum atomic E-state index is 0.838. The van der Waals surface area contributed by atoms with Crippen LogP contribution in [0.2, 0.25) is 0 Å². The Bertz CT molecular complexity index is 7730. The molecule has 6 heteroatoms. The van der Waals surface area contributed by atoms with Crippen molar-refractivity contribution in [3.8, 4) is 89.3 Å². The Kier molecular flexibility index (Phi) is 16.2. The van der Waals surface area contributed by atoms with Crippen molar-refractivity contribution in [1.29, 1.82) is 0 Å². The summed E-state index contributed by atoms with van der Waals surface area (Å²) in [7, 11) is 0. The van der Waals surface area contributed by atoms with Gasteiger partial charge in [0.1, 0.15) is 22.3 Å². The van der Waals surface area contributed by atoms with Crippen LogP contribution in [0.3, 0.4) is 0 Å². The van der Waals surface area contributed by atoms with Crippen molar-refractivity contribution in [2.75, 3.05) is 9.80 Å². The Balaban J connectivity index is 0.551. The zero-order valence-electron chi connectivity index (χ0n) is 64.2. The van der Waals surface area contributed by atoms with Crippen molar-refractivity contribution in [3.63, 3.8) is 0 Å². The summed E-state index contributed by atoms with van der Waals surface area (Å²) in [5, 5.41) is 11.8. The highest BCUT2D eigenvalue weighted by molar-refractivity contribution is 6.16. The summed E-state index contributed by atoms with van der Waals surface area (Å²) in [6.07, 6.45) is 0. The quantitative estimate of drug-likeness (QED) is 0.103. The van der Waals surface area contributed by atoms with Gasteiger partial charge in [-0.25, -0.2) is 0 Å². The van der Waals surface area contributed by atoms with Gasteiger partial charge in [-0.15, -0.1) is 0 Å². The van der Waals surface area contributed by atoms with Crippen molar-refractivity contribution in [1.82, 2.24) is 9.13 Å². The molecule has 0 amide bonds. The third-order valence-electron chi connectivity index (χ3n) is 24.0. The Morgan fingerprint density at radius 2 is 0.508 bits per heavy atom. The van der Waals surface area contributed by atoms with E-state index in [1.165, 1.54) is 59.9 Å². The molecule has 118 heavy (non-hydrogen) atoms. The molecule has 0 aliphatic heterocycles. The second-order valence-electron chi connectivity index (χ2n) is 30.6. The molecule has 0 radical (unpaired) electrons. The average molecular weight is 1510 g/mol. The van der Waals surface area contributed by atoms with E-state index in [0.717, 1.165) is 162 Å². The van der Waals surface area contributed by atoms with Crippen LogP contribution in [-0.2, 0) is 0 Å². The maximum Gasteiger partial charge on any atom is 0.136 e. The minimum absolute atomic E-state index is 0.838. The van der Waals surface area contributed by atoms with Gasteiger partial charge in [-0.2, -0.15) is 0 Å². The number of hydrogen-bond acceptors (Lipinski definition) is 4. The largest absolute Gasteiger partial charge is 0.456 e. The van der Waals surface area contributed by atoms with E-state index in [2.05, 4.69) is 444 Å². The number of hydrogen-bond donors (Lipinski definition) is 0. The summed E-state index contributed by atoms with van der Waals surface area (Å²) in [4.78, 5) is 4.79. The third kappa shape index (κ3) is 11.6. The van der Waals surface area contributed by atoms with Crippen LogP contribution in [0.25, 0.3) is 188 Å². The molecule has 0 N–H and O–H groups in total. The van der Waals surface area contributed by atoms with Crippen molar-refractivity contribution in [2.24, 2.45) is 0 Å². The van der Waals surface area contributed by atoms with Crippen molar-refractivity contribution in [2.45, 2.75) is 0 Å². The van der Waals surface area contributed by atoms with Crippen LogP contribution in [0.1, 0.15) is 0 Å². The van der Waals surface area contributed by atoms with Crippen LogP contribution in [-0.4, -0.2) is 9.13 Å². The zero-order valence-corrected chi connectivity index (χ0v) is 64.2. The first-order valence-electron chi connectivity index (χ1n) is 40.3. The van der Waals surface area contributed by atoms with Gasteiger partial charge in [0.15, 0.2) is 0 Å². The van der Waals surface area contributed by atoms with Crippen molar-refractivity contribution >= 4 is 132 Å². The van der Waals surface area contributed by atoms with Gasteiger partial charge < -0.3 is 27.8 Å². The van der Waals surface area contributed by atoms with Crippen LogP contribution >= 0.6 is 0 Å². The molecule has 23 rings (SSSR count). The molecule has 4 heterocycles. The van der Waals surface area contributed by atoms with E-state index >= 15 is 0 Å². The van der Waals surface area contributed by atoms with Crippen LogP contribution in [0, 0.1) is 0 Å². The van der Waals surface area contributed by atoms with E-state index in [-0.39, 0.29) is 0 Å². The van der Waals surface area contributed by atoms with Gasteiger partial charge in [0.2, 0.25) is 0 Å². The summed E-state index contributed by atoms with van der Waals surface area (Å²) >= 11 is 0. The van der Waals surface area contributed by atoms with E-state index in [9.17, 15) is 0 Å². The highest BCUT2D eigenvalue weighted by Crippen LogP contribution is 2.48. The molecule has 23 aromatic rings. The first-order valence-corrected chi connectivity index (χ1v) is 40.3. The fraction of sp³-hybridized carbons (Fsp3) is 0. The molecule has 0 spiro atoms. The second kappa shape index (κ2) is 28.1. The lowest BCUT2D eigenvalue weighted by Gasteiger charge is -2.29. The van der Waals surface area contributed by atoms with E-state index < -0.39 is 0 Å². The highest BCUT2D eigenvalue weighted by Gasteiger charge is 2.24. The van der Waals surface area contributed by atoms with Crippen molar-refractivity contribution < 1.29 is 8.83 Å². The van der Waals surface area contributed by atoms with Gasteiger partial charge in [0.25, 0.3) is 0 Å². The number of furan rings is 2. The molecule has 4 aromatic heterocycles. The van der Waals surface area contributed by atoms with Gasteiger partial charge in [0.05, 0.1) is 27.8 Å². The lowest BCUT2D eigenvalue weighted by Crippen LogP contribution is -2.11. The first-order chi connectivity index (χ1) is 58.5. The monoisotopic (exact) mass is 1500 g/mol. The molecule has 0 unspecified atom stereocenters. The molecule has 0 aliphatic rings. The van der Waals surface area contributed by atoms with E-state index in [0.29, 0.717) is 0 Å². The molecule has 0 saturated carbocycles. The average Bonchev–Trinajstić information content (AvgIpc) is 1.46. The Morgan fingerprint density at radius 1 is 0.178 bits per heavy atom. The predicted octanol–water partition coefficient (Wildman–Crippen LogP) is 31.4. The Hall–Kier alpha value is -15.8. The van der Waals surface area contributed by atoms with E-state index in [1.807, 2.05) is 12.1 Å². The molecule has 0 bridgehead atoms. The number of fused-ring (bicyclic) bond motifs is 13. The molecule has 0 atom stereocenters. The standard InChI is InChI=1S/C112H72N4O2/c1-2-26-91-80(20-1)21-17-35-94(91)95-27-3-9-36-102(95)114(86-63-52-76(53-64-86)78-56-67-88(68-57-78)116-105-39-12-6-30-98(105)99-31-7-13-40-106(99)116)90-25-16-23-83(71-90)93-34-19-43-109-112(93)101-69-58-81(72-110(101)118-109)79-46-44-73(45-47-79)74-48-59-84(60-49-74)113(89-24-15-22-82(70-89)92-33-18-42-108-111(92)100-32-8-14-41-107(100)117-108)85-61-50-75(51-62-85)77-54-65-87(66-55-77)115-103-37-10-4-28-96(103)97-29-5-11-38-104(97)115/h1-72H. The van der Waals surface area contributed by atoms with Crippen LogP contribution < -0.4 is 9.80 Å². The number of anilines is 6. The fourth-order valence-corrected chi connectivity index (χ4v) is 18.4. The minimum Gasteiger partial charge on any atom is -0.456 e. The SMILES string of the molecule is c1cc(-c2cccc3oc4ccccc4c23)cc(N(c2ccc(-c3ccc(-c4ccc5c(c4)oc4cccc(-c6cccc(N(c7ccc(-c8ccc(-n9c%10ccccc%10c%10ccccc%109)cc8)cc7)c7ccccc7-c7cccc8ccccc78)c6)c45)cc3)cc2)c2ccc(-c3ccc(-n4c5ccccc5c5ccccc54)cc3)cc2)c1. The zero-order chi connectivity index (χ0) is 77.7. The van der Waals surface area contributed by atoms with Crippen LogP contribution in [0.15, 0.2) is 446 Å². The maximum absolute atomic E-state index is 6.89. The predicted molar refractivity (Wildman–Crippen MR) is 495 cm³/mol. The summed E-state index contributed by atoms with van der Waals surface area (Å²) in [6.45, 7) is 0. The normalized spacial score (nSPS) is 11.7.